The van der Waals surface area contributed by atoms with Crippen LogP contribution in [0.2, 0.25) is 0 Å². The summed E-state index contributed by atoms with van der Waals surface area (Å²) < 4.78 is 10.0. The largest absolute Gasteiger partial charge is 0.496 e. The Morgan fingerprint density at radius 2 is 2.12 bits per heavy atom. The van der Waals surface area contributed by atoms with Gasteiger partial charge in [0.2, 0.25) is 0 Å². The maximum absolute atomic E-state index is 11.8. The van der Waals surface area contributed by atoms with Gasteiger partial charge in [-0.2, -0.15) is 0 Å². The molecule has 0 amide bonds. The Kier molecular flexibility index (Phi) is 5.23. The predicted molar refractivity (Wildman–Crippen MR) is 96.1 cm³/mol. The minimum atomic E-state index is -0.406. The number of rotatable bonds is 5. The highest BCUT2D eigenvalue weighted by atomic mass is 32.1. The summed E-state index contributed by atoms with van der Waals surface area (Å²) in [5, 5.41) is 7.37. The minimum Gasteiger partial charge on any atom is -0.496 e. The number of ether oxygens (including phenoxy) is 2. The maximum atomic E-state index is 11.8. The average Bonchev–Trinajstić information content (AvgIpc) is 3.22. The molecule has 130 valence electrons. The summed E-state index contributed by atoms with van der Waals surface area (Å²) in [5.74, 6) is 1.77. The third-order valence-electron chi connectivity index (χ3n) is 5.18. The summed E-state index contributed by atoms with van der Waals surface area (Å²) >= 11 is 5.42. The summed E-state index contributed by atoms with van der Waals surface area (Å²) in [6.07, 6.45) is 5.29. The highest BCUT2D eigenvalue weighted by Gasteiger charge is 2.39. The zero-order valence-corrected chi connectivity index (χ0v) is 14.9. The predicted octanol–water partition coefficient (Wildman–Crippen LogP) is 2.63. The van der Waals surface area contributed by atoms with Gasteiger partial charge >= 0.3 is 5.97 Å². The lowest BCUT2D eigenvalue weighted by molar-refractivity contribution is 0.0597. The molecule has 1 aromatic rings. The van der Waals surface area contributed by atoms with Crippen molar-refractivity contribution in [3.63, 3.8) is 0 Å². The topological polar surface area (TPSA) is 59.6 Å². The first kappa shape index (κ1) is 17.0. The van der Waals surface area contributed by atoms with E-state index >= 15 is 0 Å². The standard InChI is InChI=1S/C18H24N2O3S/c1-22-16-6-4-12(8-14(16)17(21)23-2)10-19-18(24)20-15-9-11-3-5-13(15)7-11/h4,6,8,11,13,15H,3,5,7,9-10H2,1-2H3,(H2,19,20,24)/t11-,13-,15+/m0/s1. The summed E-state index contributed by atoms with van der Waals surface area (Å²) in [6, 6.07) is 5.98. The number of nitrogens with one attached hydrogen (secondary N) is 2. The second-order valence-electron chi connectivity index (χ2n) is 6.63. The van der Waals surface area contributed by atoms with Crippen LogP contribution in [0.5, 0.6) is 5.75 Å². The number of benzene rings is 1. The second kappa shape index (κ2) is 7.38. The van der Waals surface area contributed by atoms with Gasteiger partial charge in [0.25, 0.3) is 0 Å². The number of thiocarbonyl (C=S) groups is 1. The highest BCUT2D eigenvalue weighted by molar-refractivity contribution is 7.80. The molecule has 0 spiro atoms. The number of methoxy groups -OCH3 is 2. The number of fused-ring (bicyclic) bond motifs is 2. The van der Waals surface area contributed by atoms with Gasteiger partial charge in [0, 0.05) is 12.6 Å². The van der Waals surface area contributed by atoms with Gasteiger partial charge in [0.1, 0.15) is 11.3 Å². The molecule has 2 saturated carbocycles. The molecule has 0 unspecified atom stereocenters. The molecular weight excluding hydrogens is 324 g/mol. The summed E-state index contributed by atoms with van der Waals surface area (Å²) in [5.41, 5.74) is 1.37. The van der Waals surface area contributed by atoms with E-state index in [1.54, 1.807) is 12.1 Å². The molecule has 0 heterocycles. The Labute approximate surface area is 148 Å². The first-order valence-corrected chi connectivity index (χ1v) is 8.81. The Bertz CT molecular complexity index is 635. The lowest BCUT2D eigenvalue weighted by atomic mass is 9.96. The van der Waals surface area contributed by atoms with Crippen molar-refractivity contribution < 1.29 is 14.3 Å². The van der Waals surface area contributed by atoms with E-state index < -0.39 is 5.97 Å². The number of esters is 1. The molecule has 0 aromatic heterocycles. The average molecular weight is 348 g/mol. The molecule has 2 fully saturated rings. The fourth-order valence-corrected chi connectivity index (χ4v) is 4.18. The summed E-state index contributed by atoms with van der Waals surface area (Å²) in [4.78, 5) is 11.8. The quantitative estimate of drug-likeness (QED) is 0.630. The zero-order chi connectivity index (χ0) is 17.1. The van der Waals surface area contributed by atoms with Crippen molar-refractivity contribution in [3.05, 3.63) is 29.3 Å². The van der Waals surface area contributed by atoms with Crippen LogP contribution in [0.4, 0.5) is 0 Å². The van der Waals surface area contributed by atoms with E-state index in [0.29, 0.717) is 29.0 Å². The number of carbonyl (C=O) groups excluding carboxylic acids is 1. The Balaban J connectivity index is 1.56. The van der Waals surface area contributed by atoms with Gasteiger partial charge in [-0.25, -0.2) is 4.79 Å². The van der Waals surface area contributed by atoms with Crippen molar-refractivity contribution in [1.82, 2.24) is 10.6 Å². The molecule has 0 saturated heterocycles. The molecule has 0 radical (unpaired) electrons. The van der Waals surface area contributed by atoms with Gasteiger partial charge < -0.3 is 20.1 Å². The Hall–Kier alpha value is -1.82. The van der Waals surface area contributed by atoms with Crippen LogP contribution in [-0.4, -0.2) is 31.3 Å². The third kappa shape index (κ3) is 3.64. The molecule has 3 rings (SSSR count). The molecule has 5 nitrogen and oxygen atoms in total. The van der Waals surface area contributed by atoms with Gasteiger partial charge in [-0.05, 0) is 61.0 Å². The highest BCUT2D eigenvalue weighted by Crippen LogP contribution is 2.44. The van der Waals surface area contributed by atoms with Crippen molar-refractivity contribution in [2.75, 3.05) is 14.2 Å². The van der Waals surface area contributed by atoms with E-state index in [1.165, 1.54) is 39.9 Å². The van der Waals surface area contributed by atoms with Gasteiger partial charge in [-0.1, -0.05) is 12.5 Å². The molecule has 24 heavy (non-hydrogen) atoms. The molecule has 3 atom stereocenters. The van der Waals surface area contributed by atoms with E-state index in [1.807, 2.05) is 6.07 Å². The summed E-state index contributed by atoms with van der Waals surface area (Å²) in [7, 11) is 2.90. The smallest absolute Gasteiger partial charge is 0.341 e. The van der Waals surface area contributed by atoms with Crippen LogP contribution >= 0.6 is 12.2 Å². The van der Waals surface area contributed by atoms with E-state index in [0.717, 1.165) is 17.4 Å². The lowest BCUT2D eigenvalue weighted by Crippen LogP contribution is -2.43. The van der Waals surface area contributed by atoms with Gasteiger partial charge in [-0.3, -0.25) is 0 Å². The molecule has 1 aromatic carbocycles. The van der Waals surface area contributed by atoms with Crippen LogP contribution < -0.4 is 15.4 Å². The van der Waals surface area contributed by atoms with Crippen LogP contribution in [0.25, 0.3) is 0 Å². The van der Waals surface area contributed by atoms with Crippen molar-refractivity contribution in [3.8, 4) is 5.75 Å². The molecule has 2 bridgehead atoms. The molecule has 2 aliphatic rings. The fraction of sp³-hybridized carbons (Fsp3) is 0.556. The van der Waals surface area contributed by atoms with Crippen molar-refractivity contribution in [2.45, 2.75) is 38.3 Å². The maximum Gasteiger partial charge on any atom is 0.341 e. The SMILES string of the molecule is COC(=O)c1cc(CNC(=S)N[C@@H]2C[C@H]3CC[C@H]2C3)ccc1OC. The zero-order valence-electron chi connectivity index (χ0n) is 14.1. The number of carbonyl (C=O) groups is 1. The number of hydrogen-bond acceptors (Lipinski definition) is 4. The van der Waals surface area contributed by atoms with Crippen molar-refractivity contribution in [1.29, 1.82) is 0 Å². The van der Waals surface area contributed by atoms with Crippen LogP contribution in [-0.2, 0) is 11.3 Å². The molecule has 6 heteroatoms. The van der Waals surface area contributed by atoms with Gasteiger partial charge in [-0.15, -0.1) is 0 Å². The van der Waals surface area contributed by atoms with E-state index in [4.69, 9.17) is 21.7 Å². The normalized spacial score (nSPS) is 24.5. The third-order valence-corrected chi connectivity index (χ3v) is 5.44. The van der Waals surface area contributed by atoms with Crippen LogP contribution in [0.15, 0.2) is 18.2 Å². The van der Waals surface area contributed by atoms with Crippen molar-refractivity contribution in [2.24, 2.45) is 11.8 Å². The van der Waals surface area contributed by atoms with Crippen LogP contribution in [0.3, 0.4) is 0 Å². The van der Waals surface area contributed by atoms with E-state index in [9.17, 15) is 4.79 Å². The molecule has 0 aliphatic heterocycles. The van der Waals surface area contributed by atoms with Gasteiger partial charge in [0.15, 0.2) is 5.11 Å². The molecule has 2 aliphatic carbocycles. The minimum absolute atomic E-state index is 0.406. The van der Waals surface area contributed by atoms with Crippen LogP contribution in [0.1, 0.15) is 41.6 Å². The second-order valence-corrected chi connectivity index (χ2v) is 7.04. The first-order chi connectivity index (χ1) is 11.6. The van der Waals surface area contributed by atoms with E-state index in [2.05, 4.69) is 10.6 Å². The number of hydrogen-bond donors (Lipinski definition) is 2. The van der Waals surface area contributed by atoms with E-state index in [-0.39, 0.29) is 0 Å². The molecule has 2 N–H and O–H groups in total. The Morgan fingerprint density at radius 3 is 2.75 bits per heavy atom. The Morgan fingerprint density at radius 1 is 1.29 bits per heavy atom. The first-order valence-electron chi connectivity index (χ1n) is 8.40. The van der Waals surface area contributed by atoms with Crippen LogP contribution in [0, 0.1) is 11.8 Å². The van der Waals surface area contributed by atoms with Crippen molar-refractivity contribution >= 4 is 23.3 Å². The fourth-order valence-electron chi connectivity index (χ4n) is 3.96. The molecular formula is C18H24N2O3S. The monoisotopic (exact) mass is 348 g/mol. The van der Waals surface area contributed by atoms with Gasteiger partial charge in [0.05, 0.1) is 14.2 Å². The lowest BCUT2D eigenvalue weighted by Gasteiger charge is -2.24. The summed E-state index contributed by atoms with van der Waals surface area (Å²) in [6.45, 7) is 0.556.